The van der Waals surface area contributed by atoms with E-state index in [0.717, 1.165) is 11.8 Å². The quantitative estimate of drug-likeness (QED) is 0.333. The monoisotopic (exact) mass is 409 g/mol. The third-order valence-corrected chi connectivity index (χ3v) is 4.71. The third kappa shape index (κ3) is 5.30. The molecule has 156 valence electrons. The van der Waals surface area contributed by atoms with E-state index < -0.39 is 11.6 Å². The highest BCUT2D eigenvalue weighted by atomic mass is 19.2. The van der Waals surface area contributed by atoms with Gasteiger partial charge in [0.25, 0.3) is 0 Å². The number of ether oxygens (including phenoxy) is 1. The van der Waals surface area contributed by atoms with Crippen LogP contribution in [0.3, 0.4) is 0 Å². The summed E-state index contributed by atoms with van der Waals surface area (Å²) >= 11 is 0. The lowest BCUT2D eigenvalue weighted by molar-refractivity contribution is 0.182. The van der Waals surface area contributed by atoms with Crippen molar-refractivity contribution < 1.29 is 18.6 Å². The molecule has 0 bridgehead atoms. The number of aliphatic hydroxyl groups is 1. The number of hydrogen-bond acceptors (Lipinski definition) is 3. The van der Waals surface area contributed by atoms with Crippen LogP contribution in [0.25, 0.3) is 28.2 Å². The van der Waals surface area contributed by atoms with E-state index >= 15 is 0 Å². The maximum Gasteiger partial charge on any atom is 0.168 e. The van der Waals surface area contributed by atoms with Gasteiger partial charge in [-0.05, 0) is 56.5 Å². The smallest absolute Gasteiger partial charge is 0.168 e. The summed E-state index contributed by atoms with van der Waals surface area (Å²) in [6.45, 7) is 5.75. The number of nitrogens with zero attached hydrogens (tertiary/aromatic N) is 1. The fraction of sp³-hybridized carbons (Fsp3) is 0.240. The number of unbranched alkanes of at least 4 members (excludes halogenated alkanes) is 1. The molecule has 3 aromatic rings. The average molecular weight is 409 g/mol. The molecule has 5 heteroatoms. The van der Waals surface area contributed by atoms with Gasteiger partial charge >= 0.3 is 0 Å². The molecular formula is C25H25F2NO2. The van der Waals surface area contributed by atoms with E-state index in [4.69, 9.17) is 4.74 Å². The highest BCUT2D eigenvalue weighted by Crippen LogP contribution is 2.28. The number of aromatic nitrogens is 1. The molecule has 3 rings (SSSR count). The van der Waals surface area contributed by atoms with Gasteiger partial charge in [0, 0.05) is 16.5 Å². The highest BCUT2D eigenvalue weighted by molar-refractivity contribution is 5.83. The summed E-state index contributed by atoms with van der Waals surface area (Å²) in [5, 5.41) is 10.1. The largest absolute Gasteiger partial charge is 0.490 e. The van der Waals surface area contributed by atoms with Crippen molar-refractivity contribution >= 4 is 17.0 Å². The first-order chi connectivity index (χ1) is 14.5. The van der Waals surface area contributed by atoms with Crippen LogP contribution in [0.4, 0.5) is 8.78 Å². The van der Waals surface area contributed by atoms with Gasteiger partial charge in [0.05, 0.1) is 17.3 Å². The Hall–Kier alpha value is -3.05. The molecule has 0 aliphatic carbocycles. The average Bonchev–Trinajstić information content (AvgIpc) is 2.74. The zero-order chi connectivity index (χ0) is 21.5. The van der Waals surface area contributed by atoms with Gasteiger partial charge in [0.1, 0.15) is 12.4 Å². The predicted octanol–water partition coefficient (Wildman–Crippen LogP) is 6.31. The summed E-state index contributed by atoms with van der Waals surface area (Å²) in [4.78, 5) is 4.48. The number of halogens is 2. The molecule has 0 saturated carbocycles. The first-order valence-corrected chi connectivity index (χ1v) is 9.97. The number of allylic oxidation sites excluding steroid dienone is 1. The zero-order valence-electron chi connectivity index (χ0n) is 16.9. The van der Waals surface area contributed by atoms with E-state index in [-0.39, 0.29) is 17.2 Å². The first-order valence-electron chi connectivity index (χ1n) is 9.97. The topological polar surface area (TPSA) is 42.4 Å². The van der Waals surface area contributed by atoms with Crippen molar-refractivity contribution in [3.05, 3.63) is 78.4 Å². The van der Waals surface area contributed by atoms with Gasteiger partial charge in [-0.1, -0.05) is 36.9 Å². The zero-order valence-corrected chi connectivity index (χ0v) is 16.9. The van der Waals surface area contributed by atoms with Crippen LogP contribution < -0.4 is 4.74 Å². The summed E-state index contributed by atoms with van der Waals surface area (Å²) < 4.78 is 34.8. The summed E-state index contributed by atoms with van der Waals surface area (Å²) in [7, 11) is 0. The van der Waals surface area contributed by atoms with Crippen LogP contribution >= 0.6 is 0 Å². The van der Waals surface area contributed by atoms with Crippen molar-refractivity contribution in [2.45, 2.75) is 32.3 Å². The second kappa shape index (κ2) is 10.1. The number of hydrogen-bond donors (Lipinski definition) is 1. The molecule has 1 atom stereocenters. The van der Waals surface area contributed by atoms with Crippen LogP contribution in [-0.4, -0.2) is 22.8 Å². The minimum Gasteiger partial charge on any atom is -0.490 e. The Balaban J connectivity index is 1.81. The van der Waals surface area contributed by atoms with Crippen molar-refractivity contribution in [2.24, 2.45) is 0 Å². The number of rotatable bonds is 9. The minimum absolute atomic E-state index is 0.118. The lowest BCUT2D eigenvalue weighted by Crippen LogP contribution is -1.97. The van der Waals surface area contributed by atoms with E-state index in [1.165, 1.54) is 0 Å². The molecule has 30 heavy (non-hydrogen) atoms. The number of pyridine rings is 1. The Kier molecular flexibility index (Phi) is 7.31. The normalized spacial score (nSPS) is 12.4. The number of benzene rings is 2. The molecule has 0 saturated heterocycles. The molecule has 0 aliphatic rings. The van der Waals surface area contributed by atoms with Crippen LogP contribution in [0.2, 0.25) is 0 Å². The van der Waals surface area contributed by atoms with Crippen molar-refractivity contribution in [3.8, 4) is 17.0 Å². The molecule has 1 unspecified atom stereocenters. The Labute approximate surface area is 175 Å². The van der Waals surface area contributed by atoms with Gasteiger partial charge in [0.2, 0.25) is 0 Å². The van der Waals surface area contributed by atoms with Gasteiger partial charge < -0.3 is 9.84 Å². The molecule has 1 heterocycles. The third-order valence-electron chi connectivity index (χ3n) is 4.71. The Morgan fingerprint density at radius 2 is 1.97 bits per heavy atom. The fourth-order valence-electron chi connectivity index (χ4n) is 3.13. The standard InChI is InChI=1S/C25H25F2NO2/c1-3-15-30-20-11-14-22-19(16-20)10-13-23(28-22)21-12-9-18(24(26)25(21)27)8-6-4-5-7-17(2)29/h3,6,8-14,16-17,29H,1,4-5,7,15H2,2H3/b8-6+. The van der Waals surface area contributed by atoms with Crippen LogP contribution in [0, 0.1) is 11.6 Å². The molecule has 0 aliphatic heterocycles. The molecule has 0 radical (unpaired) electrons. The lowest BCUT2D eigenvalue weighted by atomic mass is 10.0. The van der Waals surface area contributed by atoms with E-state index in [2.05, 4.69) is 11.6 Å². The molecule has 1 aromatic heterocycles. The molecule has 0 fully saturated rings. The van der Waals surface area contributed by atoms with Crippen LogP contribution in [0.1, 0.15) is 31.7 Å². The summed E-state index contributed by atoms with van der Waals surface area (Å²) in [6, 6.07) is 12.0. The summed E-state index contributed by atoms with van der Waals surface area (Å²) in [6.07, 6.45) is 6.83. The maximum atomic E-state index is 14.7. The van der Waals surface area contributed by atoms with Crippen LogP contribution in [0.15, 0.2) is 61.2 Å². The van der Waals surface area contributed by atoms with Crippen LogP contribution in [0.5, 0.6) is 5.75 Å². The Morgan fingerprint density at radius 3 is 2.73 bits per heavy atom. The number of aliphatic hydroxyl groups excluding tert-OH is 1. The summed E-state index contributed by atoms with van der Waals surface area (Å²) in [5.74, 6) is -1.12. The fourth-order valence-corrected chi connectivity index (χ4v) is 3.13. The first kappa shape index (κ1) is 21.7. The van der Waals surface area contributed by atoms with Gasteiger partial charge in [-0.3, -0.25) is 0 Å². The molecular weight excluding hydrogens is 384 g/mol. The summed E-state index contributed by atoms with van der Waals surface area (Å²) in [5.41, 5.74) is 1.34. The van der Waals surface area contributed by atoms with E-state index in [9.17, 15) is 13.9 Å². The Morgan fingerprint density at radius 1 is 1.13 bits per heavy atom. The van der Waals surface area contributed by atoms with Gasteiger partial charge in [0.15, 0.2) is 11.6 Å². The number of fused-ring (bicyclic) bond motifs is 1. The second-order valence-electron chi connectivity index (χ2n) is 7.16. The van der Waals surface area contributed by atoms with Gasteiger partial charge in [-0.15, -0.1) is 0 Å². The highest BCUT2D eigenvalue weighted by Gasteiger charge is 2.15. The minimum atomic E-state index is -0.918. The van der Waals surface area contributed by atoms with Crippen molar-refractivity contribution in [1.29, 1.82) is 0 Å². The van der Waals surface area contributed by atoms with Gasteiger partial charge in [-0.25, -0.2) is 13.8 Å². The SMILES string of the molecule is C=CCOc1ccc2nc(-c3ccc(/C=C/CCCC(C)O)c(F)c3F)ccc2c1. The molecule has 0 amide bonds. The predicted molar refractivity (Wildman–Crippen MR) is 117 cm³/mol. The van der Waals surface area contributed by atoms with Crippen LogP contribution in [-0.2, 0) is 0 Å². The van der Waals surface area contributed by atoms with E-state index in [1.54, 1.807) is 55.5 Å². The van der Waals surface area contributed by atoms with Gasteiger partial charge in [-0.2, -0.15) is 0 Å². The van der Waals surface area contributed by atoms with Crippen molar-refractivity contribution in [2.75, 3.05) is 6.61 Å². The molecule has 2 aromatic carbocycles. The maximum absolute atomic E-state index is 14.7. The second-order valence-corrected chi connectivity index (χ2v) is 7.16. The van der Waals surface area contributed by atoms with Crippen molar-refractivity contribution in [1.82, 2.24) is 4.98 Å². The lowest BCUT2D eigenvalue weighted by Gasteiger charge is -2.09. The van der Waals surface area contributed by atoms with Crippen molar-refractivity contribution in [3.63, 3.8) is 0 Å². The molecule has 0 spiro atoms. The van der Waals surface area contributed by atoms with E-state index in [0.29, 0.717) is 36.4 Å². The molecule has 1 N–H and O–H groups in total. The molecule has 3 nitrogen and oxygen atoms in total. The van der Waals surface area contributed by atoms with E-state index in [1.807, 2.05) is 12.1 Å². The Bertz CT molecular complexity index is 1060.